The largest absolute Gasteiger partial charge is 0.391 e. The molecule has 1 saturated carbocycles. The third-order valence-corrected chi connectivity index (χ3v) is 3.62. The number of carbonyl (C=O) groups is 4. The molecule has 124 valence electrons. The maximum atomic E-state index is 12.3. The molecule has 0 aromatic carbocycles. The van der Waals surface area contributed by atoms with E-state index in [1.807, 2.05) is 0 Å². The zero-order valence-electron chi connectivity index (χ0n) is 12.8. The maximum Gasteiger partial charge on any atom is 0.331 e. The first-order chi connectivity index (χ1) is 10.2. The second-order valence-corrected chi connectivity index (χ2v) is 5.64. The summed E-state index contributed by atoms with van der Waals surface area (Å²) in [5, 5.41) is 0. The average Bonchev–Trinajstić information content (AvgIpc) is 2.47. The Hall–Kier alpha value is -1.80. The molecule has 0 amide bonds. The monoisotopic (exact) mass is 314 g/mol. The average molecular weight is 314 g/mol. The first-order valence-corrected chi connectivity index (χ1v) is 7.24. The minimum atomic E-state index is -1.65. The van der Waals surface area contributed by atoms with Gasteiger partial charge in [0.15, 0.2) is 5.41 Å². The predicted molar refractivity (Wildman–Crippen MR) is 75.0 cm³/mol. The number of carbonyl (C=O) groups excluding carboxylic acids is 4. The number of nitrogens with two attached hydrogens (primary N) is 2. The normalized spacial score (nSPS) is 19.6. The summed E-state index contributed by atoms with van der Waals surface area (Å²) < 4.78 is 9.34. The molecule has 0 aromatic heterocycles. The van der Waals surface area contributed by atoms with Gasteiger partial charge >= 0.3 is 23.9 Å². The van der Waals surface area contributed by atoms with Crippen LogP contribution in [0.5, 0.6) is 0 Å². The molecule has 8 nitrogen and oxygen atoms in total. The molecule has 1 aliphatic rings. The molecule has 8 heteroatoms. The fourth-order valence-corrected chi connectivity index (χ4v) is 2.21. The van der Waals surface area contributed by atoms with Crippen LogP contribution >= 0.6 is 0 Å². The van der Waals surface area contributed by atoms with E-state index in [9.17, 15) is 19.2 Å². The lowest BCUT2D eigenvalue weighted by Gasteiger charge is -2.31. The van der Waals surface area contributed by atoms with E-state index in [-0.39, 0.29) is 12.8 Å². The first-order valence-electron chi connectivity index (χ1n) is 7.24. The van der Waals surface area contributed by atoms with Crippen LogP contribution in [0.1, 0.15) is 46.0 Å². The molecule has 0 aromatic rings. The van der Waals surface area contributed by atoms with Crippen LogP contribution in [0, 0.1) is 5.41 Å². The number of hydrogen-bond acceptors (Lipinski definition) is 8. The molecule has 4 N–H and O–H groups in total. The topological polar surface area (TPSA) is 139 Å². The molecule has 0 unspecified atom stereocenters. The second kappa shape index (κ2) is 7.46. The highest BCUT2D eigenvalue weighted by molar-refractivity contribution is 6.06. The van der Waals surface area contributed by atoms with Crippen molar-refractivity contribution in [3.8, 4) is 0 Å². The summed E-state index contributed by atoms with van der Waals surface area (Å²) in [6.45, 7) is 2.72. The quantitative estimate of drug-likeness (QED) is 0.536. The van der Waals surface area contributed by atoms with E-state index in [1.165, 1.54) is 13.8 Å². The van der Waals surface area contributed by atoms with Crippen molar-refractivity contribution in [1.29, 1.82) is 0 Å². The highest BCUT2D eigenvalue weighted by atomic mass is 16.6. The Labute approximate surface area is 128 Å². The summed E-state index contributed by atoms with van der Waals surface area (Å²) in [5.41, 5.74) is 9.03. The Morgan fingerprint density at radius 1 is 0.818 bits per heavy atom. The van der Waals surface area contributed by atoms with E-state index < -0.39 is 41.4 Å². The van der Waals surface area contributed by atoms with E-state index in [0.29, 0.717) is 12.8 Å². The zero-order valence-corrected chi connectivity index (χ0v) is 12.8. The lowest BCUT2D eigenvalue weighted by atomic mass is 9.74. The summed E-state index contributed by atoms with van der Waals surface area (Å²) in [6, 6.07) is -1.99. The van der Waals surface area contributed by atoms with Gasteiger partial charge in [-0.3, -0.25) is 9.59 Å². The van der Waals surface area contributed by atoms with Gasteiger partial charge < -0.3 is 20.9 Å². The summed E-state index contributed by atoms with van der Waals surface area (Å²) >= 11 is 0. The Morgan fingerprint density at radius 2 is 1.18 bits per heavy atom. The fraction of sp³-hybridized carbons (Fsp3) is 0.714. The molecule has 0 aliphatic heterocycles. The molecule has 0 saturated heterocycles. The van der Waals surface area contributed by atoms with Gasteiger partial charge in [0.05, 0.1) is 0 Å². The van der Waals surface area contributed by atoms with Crippen LogP contribution in [-0.4, -0.2) is 36.0 Å². The summed E-state index contributed by atoms with van der Waals surface area (Å²) in [4.78, 5) is 47.5. The zero-order chi connectivity index (χ0) is 16.9. The van der Waals surface area contributed by atoms with Gasteiger partial charge in [0.2, 0.25) is 0 Å². The molecule has 1 aliphatic carbocycles. The van der Waals surface area contributed by atoms with E-state index in [4.69, 9.17) is 11.5 Å². The van der Waals surface area contributed by atoms with Crippen LogP contribution in [0.2, 0.25) is 0 Å². The SMILES string of the molecule is C[C@H](N)C(=O)OC(=O)C1(C(=O)OC(=O)[C@H](C)N)CCCCC1. The van der Waals surface area contributed by atoms with Gasteiger partial charge in [0.25, 0.3) is 0 Å². The third kappa shape index (κ3) is 4.11. The molecule has 2 atom stereocenters. The van der Waals surface area contributed by atoms with Gasteiger partial charge in [-0.2, -0.15) is 0 Å². The van der Waals surface area contributed by atoms with Gasteiger partial charge in [-0.25, -0.2) is 9.59 Å². The Bertz CT molecular complexity index is 430. The number of rotatable bonds is 4. The van der Waals surface area contributed by atoms with Crippen LogP contribution in [0.4, 0.5) is 0 Å². The molecule has 22 heavy (non-hydrogen) atoms. The Balaban J connectivity index is 2.94. The van der Waals surface area contributed by atoms with Gasteiger partial charge in [-0.1, -0.05) is 19.3 Å². The van der Waals surface area contributed by atoms with Crippen LogP contribution in [-0.2, 0) is 28.7 Å². The molecular weight excluding hydrogens is 292 g/mol. The predicted octanol–water partition coefficient (Wildman–Crippen LogP) is -0.229. The first kappa shape index (κ1) is 18.2. The maximum absolute atomic E-state index is 12.3. The van der Waals surface area contributed by atoms with Crippen molar-refractivity contribution in [2.45, 2.75) is 58.0 Å². The second-order valence-electron chi connectivity index (χ2n) is 5.64. The van der Waals surface area contributed by atoms with Crippen molar-refractivity contribution >= 4 is 23.9 Å². The third-order valence-electron chi connectivity index (χ3n) is 3.62. The number of hydrogen-bond donors (Lipinski definition) is 2. The Morgan fingerprint density at radius 3 is 1.50 bits per heavy atom. The van der Waals surface area contributed by atoms with E-state index in [2.05, 4.69) is 9.47 Å². The lowest BCUT2D eigenvalue weighted by Crippen LogP contribution is -2.47. The van der Waals surface area contributed by atoms with Crippen LogP contribution in [0.15, 0.2) is 0 Å². The highest BCUT2D eigenvalue weighted by Gasteiger charge is 2.51. The van der Waals surface area contributed by atoms with Crippen molar-refractivity contribution < 1.29 is 28.7 Å². The molecule has 0 bridgehead atoms. The van der Waals surface area contributed by atoms with Crippen molar-refractivity contribution in [1.82, 2.24) is 0 Å². The minimum absolute atomic E-state index is 0.156. The van der Waals surface area contributed by atoms with Crippen molar-refractivity contribution in [2.24, 2.45) is 16.9 Å². The van der Waals surface area contributed by atoms with Crippen molar-refractivity contribution in [2.75, 3.05) is 0 Å². The molecule has 1 rings (SSSR count). The summed E-state index contributed by atoms with van der Waals surface area (Å²) in [6.07, 6.45) is 2.32. The molecule has 0 spiro atoms. The van der Waals surface area contributed by atoms with Gasteiger partial charge in [0.1, 0.15) is 12.1 Å². The van der Waals surface area contributed by atoms with Gasteiger partial charge in [0, 0.05) is 0 Å². The fourth-order valence-electron chi connectivity index (χ4n) is 2.21. The summed E-state index contributed by atoms with van der Waals surface area (Å²) in [7, 11) is 0. The standard InChI is InChI=1S/C14H22N2O6/c1-8(15)10(17)21-12(19)14(6-4-3-5-7-14)13(20)22-11(18)9(2)16/h8-9H,3-7,15-16H2,1-2H3/t8-,9-/m0/s1. The smallest absolute Gasteiger partial charge is 0.331 e. The number of ether oxygens (including phenoxy) is 2. The van der Waals surface area contributed by atoms with Crippen molar-refractivity contribution in [3.05, 3.63) is 0 Å². The highest BCUT2D eigenvalue weighted by Crippen LogP contribution is 2.39. The van der Waals surface area contributed by atoms with Gasteiger partial charge in [-0.15, -0.1) is 0 Å². The van der Waals surface area contributed by atoms with E-state index in [0.717, 1.165) is 6.42 Å². The van der Waals surface area contributed by atoms with Crippen LogP contribution in [0.3, 0.4) is 0 Å². The van der Waals surface area contributed by atoms with Crippen molar-refractivity contribution in [3.63, 3.8) is 0 Å². The van der Waals surface area contributed by atoms with E-state index >= 15 is 0 Å². The van der Waals surface area contributed by atoms with E-state index in [1.54, 1.807) is 0 Å². The lowest BCUT2D eigenvalue weighted by molar-refractivity contribution is -0.181. The Kier molecular flexibility index (Phi) is 6.19. The van der Waals surface area contributed by atoms with Gasteiger partial charge in [-0.05, 0) is 26.7 Å². The van der Waals surface area contributed by atoms with Crippen LogP contribution in [0.25, 0.3) is 0 Å². The molecule has 1 fully saturated rings. The molecule has 0 heterocycles. The molecule has 0 radical (unpaired) electrons. The summed E-state index contributed by atoms with van der Waals surface area (Å²) in [5.74, 6) is -3.89. The van der Waals surface area contributed by atoms with Crippen LogP contribution < -0.4 is 11.5 Å². The minimum Gasteiger partial charge on any atom is -0.391 e. The molecular formula is C14H22N2O6. The number of esters is 4.